The number of carbonyl (C=O) groups excluding carboxylic acids is 2. The summed E-state index contributed by atoms with van der Waals surface area (Å²) in [4.78, 5) is 24.4. The van der Waals surface area contributed by atoms with Crippen LogP contribution in [-0.4, -0.2) is 33.3 Å². The Morgan fingerprint density at radius 2 is 1.58 bits per heavy atom. The lowest BCUT2D eigenvalue weighted by molar-refractivity contribution is -0.139. The number of benzene rings is 2. The van der Waals surface area contributed by atoms with E-state index in [2.05, 4.69) is 10.6 Å². The zero-order chi connectivity index (χ0) is 22.3. The van der Waals surface area contributed by atoms with Crippen molar-refractivity contribution in [3.63, 3.8) is 0 Å². The van der Waals surface area contributed by atoms with Crippen LogP contribution in [0.4, 0.5) is 0 Å². The molecule has 0 spiro atoms. The van der Waals surface area contributed by atoms with Crippen molar-refractivity contribution in [1.82, 2.24) is 10.6 Å². The van der Waals surface area contributed by atoms with Crippen molar-refractivity contribution >= 4 is 21.7 Å². The van der Waals surface area contributed by atoms with Gasteiger partial charge in [0.15, 0.2) is 9.84 Å². The summed E-state index contributed by atoms with van der Waals surface area (Å²) < 4.78 is 31.6. The van der Waals surface area contributed by atoms with Crippen molar-refractivity contribution < 1.29 is 22.4 Å². The molecule has 0 aliphatic rings. The van der Waals surface area contributed by atoms with Gasteiger partial charge >= 0.3 is 11.8 Å². The fourth-order valence-electron chi connectivity index (χ4n) is 3.04. The van der Waals surface area contributed by atoms with Gasteiger partial charge in [-0.3, -0.25) is 9.59 Å². The predicted octanol–water partition coefficient (Wildman–Crippen LogP) is 2.58. The van der Waals surface area contributed by atoms with Crippen LogP contribution in [0.15, 0.2) is 82.3 Å². The molecule has 1 unspecified atom stereocenters. The molecule has 0 bridgehead atoms. The van der Waals surface area contributed by atoms with E-state index in [1.165, 1.54) is 24.5 Å². The third-order valence-electron chi connectivity index (χ3n) is 4.78. The first-order chi connectivity index (χ1) is 14.9. The van der Waals surface area contributed by atoms with Gasteiger partial charge in [-0.15, -0.1) is 0 Å². The van der Waals surface area contributed by atoms with E-state index in [9.17, 15) is 18.0 Å². The van der Waals surface area contributed by atoms with Gasteiger partial charge in [-0.05, 0) is 43.2 Å². The summed E-state index contributed by atoms with van der Waals surface area (Å²) in [5, 5.41) is 3.80. The number of sulfone groups is 1. The van der Waals surface area contributed by atoms with Crippen molar-refractivity contribution in [2.45, 2.75) is 23.5 Å². The second-order valence-electron chi connectivity index (χ2n) is 7.06. The molecular weight excluding hydrogens is 416 g/mol. The van der Waals surface area contributed by atoms with Gasteiger partial charge in [0.2, 0.25) is 0 Å². The molecule has 2 N–H and O–H groups in total. The first-order valence-corrected chi connectivity index (χ1v) is 11.4. The lowest BCUT2D eigenvalue weighted by Gasteiger charge is -2.17. The Morgan fingerprint density at radius 3 is 2.23 bits per heavy atom. The van der Waals surface area contributed by atoms with Crippen LogP contribution in [0, 0.1) is 6.92 Å². The number of furan rings is 1. The van der Waals surface area contributed by atoms with Crippen molar-refractivity contribution in [3.05, 3.63) is 89.9 Å². The summed E-state index contributed by atoms with van der Waals surface area (Å²) in [7, 11) is -3.86. The smallest absolute Gasteiger partial charge is 0.309 e. The monoisotopic (exact) mass is 440 g/mol. The highest BCUT2D eigenvalue weighted by atomic mass is 32.2. The Balaban J connectivity index is 1.63. The fourth-order valence-corrected chi connectivity index (χ4v) is 4.63. The third-order valence-corrected chi connectivity index (χ3v) is 6.86. The summed E-state index contributed by atoms with van der Waals surface area (Å²) >= 11 is 0. The van der Waals surface area contributed by atoms with E-state index in [0.717, 1.165) is 11.1 Å². The van der Waals surface area contributed by atoms with E-state index in [-0.39, 0.29) is 17.2 Å². The van der Waals surface area contributed by atoms with Crippen LogP contribution in [-0.2, 0) is 25.8 Å². The van der Waals surface area contributed by atoms with Crippen LogP contribution in [0.3, 0.4) is 0 Å². The van der Waals surface area contributed by atoms with Crippen molar-refractivity contribution in [2.24, 2.45) is 0 Å². The van der Waals surface area contributed by atoms with Gasteiger partial charge in [0.25, 0.3) is 0 Å². The molecule has 0 aliphatic heterocycles. The maximum Gasteiger partial charge on any atom is 0.309 e. The maximum absolute atomic E-state index is 13.1. The van der Waals surface area contributed by atoms with Gasteiger partial charge in [0.1, 0.15) is 11.0 Å². The minimum absolute atomic E-state index is 0.112. The molecule has 0 saturated carbocycles. The maximum atomic E-state index is 13.1. The lowest BCUT2D eigenvalue weighted by atomic mass is 10.1. The number of aryl methyl sites for hydroxylation is 1. The highest BCUT2D eigenvalue weighted by Gasteiger charge is 2.32. The predicted molar refractivity (Wildman–Crippen MR) is 116 cm³/mol. The van der Waals surface area contributed by atoms with E-state index in [4.69, 9.17) is 4.42 Å². The second kappa shape index (κ2) is 10.1. The van der Waals surface area contributed by atoms with Gasteiger partial charge in [0.05, 0.1) is 11.2 Å². The molecule has 2 amide bonds. The fraction of sp³-hybridized carbons (Fsp3) is 0.217. The Bertz CT molecular complexity index is 1110. The number of rotatable bonds is 8. The Kier molecular flexibility index (Phi) is 7.25. The van der Waals surface area contributed by atoms with Crippen LogP contribution in [0.2, 0.25) is 0 Å². The average molecular weight is 441 g/mol. The van der Waals surface area contributed by atoms with Crippen LogP contribution < -0.4 is 10.6 Å². The first kappa shape index (κ1) is 22.3. The van der Waals surface area contributed by atoms with Crippen LogP contribution >= 0.6 is 0 Å². The normalized spacial score (nSPS) is 12.2. The van der Waals surface area contributed by atoms with Crippen LogP contribution in [0.25, 0.3) is 0 Å². The highest BCUT2D eigenvalue weighted by molar-refractivity contribution is 7.91. The van der Waals surface area contributed by atoms with E-state index in [1.807, 2.05) is 37.3 Å². The molecule has 1 atom stereocenters. The number of nitrogens with one attached hydrogen (secondary N) is 2. The molecule has 8 heteroatoms. The van der Waals surface area contributed by atoms with E-state index >= 15 is 0 Å². The third kappa shape index (κ3) is 5.82. The molecule has 1 aromatic heterocycles. The summed E-state index contributed by atoms with van der Waals surface area (Å²) in [6.07, 6.45) is 1.95. The van der Waals surface area contributed by atoms with Crippen molar-refractivity contribution in [1.29, 1.82) is 0 Å². The topological polar surface area (TPSA) is 105 Å². The zero-order valence-corrected chi connectivity index (χ0v) is 17.9. The molecule has 0 fully saturated rings. The Hall–Kier alpha value is -3.39. The first-order valence-electron chi connectivity index (χ1n) is 9.82. The van der Waals surface area contributed by atoms with Crippen LogP contribution in [0.1, 0.15) is 22.1 Å². The molecule has 31 heavy (non-hydrogen) atoms. The number of amides is 2. The van der Waals surface area contributed by atoms with E-state index in [1.54, 1.807) is 18.2 Å². The molecule has 2 aromatic carbocycles. The van der Waals surface area contributed by atoms with E-state index in [0.29, 0.717) is 13.0 Å². The van der Waals surface area contributed by atoms with Gasteiger partial charge in [-0.2, -0.15) is 0 Å². The Morgan fingerprint density at radius 1 is 0.903 bits per heavy atom. The minimum atomic E-state index is -3.86. The zero-order valence-electron chi connectivity index (χ0n) is 17.1. The van der Waals surface area contributed by atoms with Crippen molar-refractivity contribution in [2.75, 3.05) is 13.1 Å². The summed E-state index contributed by atoms with van der Waals surface area (Å²) in [6, 6.07) is 19.1. The molecule has 0 saturated heterocycles. The molecule has 3 aromatic rings. The molecule has 7 nitrogen and oxygen atoms in total. The lowest BCUT2D eigenvalue weighted by Crippen LogP contribution is -2.42. The summed E-state index contributed by atoms with van der Waals surface area (Å²) in [5.41, 5.74) is 1.96. The average Bonchev–Trinajstić information content (AvgIpc) is 3.29. The standard InChI is InChI=1S/C23H24N2O5S/c1-17-9-11-19(12-10-17)31(28,29)21(20-8-5-15-30-20)16-25-23(27)22(26)24-14-13-18-6-3-2-4-7-18/h2-12,15,21H,13-14,16H2,1H3,(H,24,26)(H,25,27). The number of hydrogen-bond acceptors (Lipinski definition) is 5. The molecule has 162 valence electrons. The number of hydrogen-bond donors (Lipinski definition) is 2. The highest BCUT2D eigenvalue weighted by Crippen LogP contribution is 2.29. The second-order valence-corrected chi connectivity index (χ2v) is 9.19. The Labute approximate surface area is 181 Å². The molecular formula is C23H24N2O5S. The van der Waals surface area contributed by atoms with Gasteiger partial charge < -0.3 is 15.1 Å². The quantitative estimate of drug-likeness (QED) is 0.524. The SMILES string of the molecule is Cc1ccc(S(=O)(=O)C(CNC(=O)C(=O)NCCc2ccccc2)c2ccco2)cc1. The molecule has 0 aliphatic carbocycles. The summed E-state index contributed by atoms with van der Waals surface area (Å²) in [6.45, 7) is 1.85. The largest absolute Gasteiger partial charge is 0.468 e. The van der Waals surface area contributed by atoms with Crippen molar-refractivity contribution in [3.8, 4) is 0 Å². The molecule has 0 radical (unpaired) electrons. The van der Waals surface area contributed by atoms with E-state index < -0.39 is 26.9 Å². The summed E-state index contributed by atoms with van der Waals surface area (Å²) in [5.74, 6) is -1.53. The van der Waals surface area contributed by atoms with Crippen LogP contribution in [0.5, 0.6) is 0 Å². The minimum Gasteiger partial charge on any atom is -0.468 e. The number of carbonyl (C=O) groups is 2. The van der Waals surface area contributed by atoms with Gasteiger partial charge in [-0.1, -0.05) is 48.0 Å². The van der Waals surface area contributed by atoms with Gasteiger partial charge in [0, 0.05) is 13.1 Å². The van der Waals surface area contributed by atoms with Gasteiger partial charge in [-0.25, -0.2) is 8.42 Å². The molecule has 1 heterocycles. The molecule has 3 rings (SSSR count).